The minimum Gasteiger partial charge on any atom is -0.465 e. The number of carbonyl (C=O) groups excluding carboxylic acids is 2. The van der Waals surface area contributed by atoms with Crippen molar-refractivity contribution >= 4 is 17.6 Å². The van der Waals surface area contributed by atoms with Gasteiger partial charge in [-0.25, -0.2) is 0 Å². The van der Waals surface area contributed by atoms with Gasteiger partial charge in [0.25, 0.3) is 5.91 Å². The summed E-state index contributed by atoms with van der Waals surface area (Å²) in [6.07, 6.45) is 0.0647. The van der Waals surface area contributed by atoms with Gasteiger partial charge < -0.3 is 15.8 Å². The maximum atomic E-state index is 12.6. The van der Waals surface area contributed by atoms with Crippen molar-refractivity contribution in [2.45, 2.75) is 26.3 Å². The molecule has 2 rings (SSSR count). The first kappa shape index (κ1) is 18.5. The van der Waals surface area contributed by atoms with Gasteiger partial charge in [-0.05, 0) is 23.6 Å². The van der Waals surface area contributed by atoms with Crippen LogP contribution in [0, 0.1) is 5.92 Å². The van der Waals surface area contributed by atoms with Gasteiger partial charge in [0.15, 0.2) is 0 Å². The molecule has 2 aromatic carbocycles. The normalized spacial score (nSPS) is 11.8. The third-order valence-electron chi connectivity index (χ3n) is 3.66. The van der Waals surface area contributed by atoms with E-state index in [1.54, 1.807) is 24.3 Å². The minimum atomic E-state index is -0.479. The van der Waals surface area contributed by atoms with Crippen LogP contribution in [-0.2, 0) is 9.53 Å². The number of hydrogen-bond acceptors (Lipinski definition) is 4. The molecule has 1 atom stereocenters. The molecular weight excluding hydrogens is 316 g/mol. The molecule has 3 N–H and O–H groups in total. The molecular formula is C20H24N2O3. The van der Waals surface area contributed by atoms with Crippen molar-refractivity contribution in [2.24, 2.45) is 5.92 Å². The maximum absolute atomic E-state index is 12.6. The highest BCUT2D eigenvalue weighted by molar-refractivity contribution is 5.99. The monoisotopic (exact) mass is 340 g/mol. The van der Waals surface area contributed by atoms with Crippen molar-refractivity contribution in [3.8, 4) is 0 Å². The van der Waals surface area contributed by atoms with Crippen molar-refractivity contribution in [2.75, 3.05) is 12.3 Å². The van der Waals surface area contributed by atoms with Gasteiger partial charge in [-0.1, -0.05) is 56.3 Å². The Hall–Kier alpha value is -2.82. The topological polar surface area (TPSA) is 81.4 Å². The van der Waals surface area contributed by atoms with Crippen LogP contribution < -0.4 is 11.1 Å². The van der Waals surface area contributed by atoms with E-state index < -0.39 is 6.04 Å². The zero-order valence-electron chi connectivity index (χ0n) is 14.6. The highest BCUT2D eigenvalue weighted by Gasteiger charge is 2.21. The van der Waals surface area contributed by atoms with Gasteiger partial charge in [0.2, 0.25) is 0 Å². The van der Waals surface area contributed by atoms with E-state index in [1.165, 1.54) is 0 Å². The summed E-state index contributed by atoms with van der Waals surface area (Å²) in [6, 6.07) is 15.7. The molecule has 0 saturated heterocycles. The number of ether oxygens (including phenoxy) is 1. The van der Waals surface area contributed by atoms with Crippen LogP contribution in [-0.4, -0.2) is 18.5 Å². The number of nitrogens with two attached hydrogens (primary N) is 1. The van der Waals surface area contributed by atoms with Crippen molar-refractivity contribution in [1.82, 2.24) is 5.32 Å². The van der Waals surface area contributed by atoms with Gasteiger partial charge in [-0.3, -0.25) is 9.59 Å². The van der Waals surface area contributed by atoms with Crippen LogP contribution in [0.4, 0.5) is 5.69 Å². The number of nitrogens with one attached hydrogen (secondary N) is 1. The van der Waals surface area contributed by atoms with Crippen LogP contribution in [0.3, 0.4) is 0 Å². The summed E-state index contributed by atoms with van der Waals surface area (Å²) in [5.74, 6) is -0.398. The summed E-state index contributed by atoms with van der Waals surface area (Å²) >= 11 is 0. The number of amides is 1. The Bertz CT molecular complexity index is 714. The molecule has 1 amide bonds. The van der Waals surface area contributed by atoms with Crippen LogP contribution in [0.5, 0.6) is 0 Å². The van der Waals surface area contributed by atoms with E-state index in [-0.39, 0.29) is 24.2 Å². The first-order chi connectivity index (χ1) is 12.0. The van der Waals surface area contributed by atoms with Gasteiger partial charge in [-0.2, -0.15) is 0 Å². The highest BCUT2D eigenvalue weighted by atomic mass is 16.5. The van der Waals surface area contributed by atoms with Gasteiger partial charge >= 0.3 is 5.97 Å². The second-order valence-electron chi connectivity index (χ2n) is 6.30. The standard InChI is InChI=1S/C20H24N2O3/c1-14(2)13-25-19(23)12-18(15-8-4-3-5-9-15)22-20(24)16-10-6-7-11-17(16)21/h3-11,14,18H,12-13,21H2,1-2H3,(H,22,24)/t18-/m0/s1. The number of hydrogen-bond donors (Lipinski definition) is 2. The molecule has 0 aromatic heterocycles. The van der Waals surface area contributed by atoms with Crippen LogP contribution in [0.2, 0.25) is 0 Å². The van der Waals surface area contributed by atoms with Gasteiger partial charge in [-0.15, -0.1) is 0 Å². The lowest BCUT2D eigenvalue weighted by Gasteiger charge is -2.19. The quantitative estimate of drug-likeness (QED) is 0.598. The Morgan fingerprint density at radius 3 is 2.32 bits per heavy atom. The zero-order valence-corrected chi connectivity index (χ0v) is 14.6. The van der Waals surface area contributed by atoms with Crippen molar-refractivity contribution in [1.29, 1.82) is 0 Å². The summed E-state index contributed by atoms with van der Waals surface area (Å²) in [7, 11) is 0. The Kier molecular flexibility index (Phi) is 6.57. The van der Waals surface area contributed by atoms with Gasteiger partial charge in [0.05, 0.1) is 24.6 Å². The average Bonchev–Trinajstić information content (AvgIpc) is 2.60. The summed E-state index contributed by atoms with van der Waals surface area (Å²) < 4.78 is 5.25. The van der Waals surface area contributed by atoms with Crippen molar-refractivity contribution in [3.63, 3.8) is 0 Å². The number of nitrogen functional groups attached to an aromatic ring is 1. The Morgan fingerprint density at radius 2 is 1.68 bits per heavy atom. The Balaban J connectivity index is 2.13. The smallest absolute Gasteiger partial charge is 0.308 e. The van der Waals surface area contributed by atoms with E-state index in [4.69, 9.17) is 10.5 Å². The lowest BCUT2D eigenvalue weighted by Crippen LogP contribution is -2.31. The zero-order chi connectivity index (χ0) is 18.2. The molecule has 25 heavy (non-hydrogen) atoms. The third kappa shape index (κ3) is 5.64. The lowest BCUT2D eigenvalue weighted by molar-refractivity contribution is -0.145. The minimum absolute atomic E-state index is 0.0647. The van der Waals surface area contributed by atoms with Crippen LogP contribution in [0.15, 0.2) is 54.6 Å². The predicted molar refractivity (Wildman–Crippen MR) is 97.9 cm³/mol. The summed E-state index contributed by atoms with van der Waals surface area (Å²) in [4.78, 5) is 24.7. The van der Waals surface area contributed by atoms with Crippen LogP contribution >= 0.6 is 0 Å². The van der Waals surface area contributed by atoms with Crippen molar-refractivity contribution < 1.29 is 14.3 Å². The van der Waals surface area contributed by atoms with E-state index in [9.17, 15) is 9.59 Å². The molecule has 0 aliphatic rings. The summed E-state index contributed by atoms with van der Waals surface area (Å²) in [5, 5.41) is 2.89. The Labute approximate surface area is 148 Å². The molecule has 132 valence electrons. The molecule has 0 unspecified atom stereocenters. The number of carbonyl (C=O) groups is 2. The number of benzene rings is 2. The molecule has 0 bridgehead atoms. The molecule has 2 aromatic rings. The fraction of sp³-hybridized carbons (Fsp3) is 0.300. The third-order valence-corrected chi connectivity index (χ3v) is 3.66. The van der Waals surface area contributed by atoms with Crippen molar-refractivity contribution in [3.05, 3.63) is 65.7 Å². The van der Waals surface area contributed by atoms with E-state index >= 15 is 0 Å². The number of anilines is 1. The second kappa shape index (κ2) is 8.87. The average molecular weight is 340 g/mol. The fourth-order valence-electron chi connectivity index (χ4n) is 2.36. The second-order valence-corrected chi connectivity index (χ2v) is 6.30. The molecule has 5 nitrogen and oxygen atoms in total. The molecule has 0 radical (unpaired) electrons. The largest absolute Gasteiger partial charge is 0.465 e. The van der Waals surface area contributed by atoms with E-state index in [0.29, 0.717) is 17.9 Å². The van der Waals surface area contributed by atoms with Crippen LogP contribution in [0.25, 0.3) is 0 Å². The van der Waals surface area contributed by atoms with Gasteiger partial charge in [0, 0.05) is 5.69 Å². The number of rotatable bonds is 7. The molecule has 0 heterocycles. The molecule has 0 saturated carbocycles. The summed E-state index contributed by atoms with van der Waals surface area (Å²) in [6.45, 7) is 4.31. The Morgan fingerprint density at radius 1 is 1.04 bits per heavy atom. The molecule has 5 heteroatoms. The first-order valence-electron chi connectivity index (χ1n) is 8.33. The van der Waals surface area contributed by atoms with Crippen LogP contribution in [0.1, 0.15) is 42.2 Å². The maximum Gasteiger partial charge on any atom is 0.308 e. The number of para-hydroxylation sites is 1. The molecule has 0 aliphatic carbocycles. The molecule has 0 aliphatic heterocycles. The first-order valence-corrected chi connectivity index (χ1v) is 8.33. The summed E-state index contributed by atoms with van der Waals surface area (Å²) in [5.41, 5.74) is 7.49. The van der Waals surface area contributed by atoms with E-state index in [0.717, 1.165) is 5.56 Å². The fourth-order valence-corrected chi connectivity index (χ4v) is 2.36. The van der Waals surface area contributed by atoms with Gasteiger partial charge in [0.1, 0.15) is 0 Å². The lowest BCUT2D eigenvalue weighted by atomic mass is 10.0. The number of esters is 1. The SMILES string of the molecule is CC(C)COC(=O)C[C@H](NC(=O)c1ccccc1N)c1ccccc1. The molecule has 0 fully saturated rings. The predicted octanol–water partition coefficient (Wildman–Crippen LogP) is 3.33. The molecule has 0 spiro atoms. The van der Waals surface area contributed by atoms with E-state index in [1.807, 2.05) is 44.2 Å². The van der Waals surface area contributed by atoms with E-state index in [2.05, 4.69) is 5.32 Å². The highest BCUT2D eigenvalue weighted by Crippen LogP contribution is 2.19.